The molecule has 5 nitrogen and oxygen atoms in total. The van der Waals surface area contributed by atoms with Crippen LogP contribution in [0.3, 0.4) is 0 Å². The van der Waals surface area contributed by atoms with Gasteiger partial charge in [0.25, 0.3) is 0 Å². The Morgan fingerprint density at radius 1 is 1.19 bits per heavy atom. The van der Waals surface area contributed by atoms with E-state index in [1.165, 1.54) is 11.1 Å². The molecule has 1 aliphatic heterocycles. The maximum Gasteiger partial charge on any atom is 0.338 e. The maximum atomic E-state index is 11.9. The highest BCUT2D eigenvalue weighted by Gasteiger charge is 2.21. The van der Waals surface area contributed by atoms with E-state index in [1.54, 1.807) is 19.1 Å². The van der Waals surface area contributed by atoms with Crippen LogP contribution in [0.4, 0.5) is 5.69 Å². The van der Waals surface area contributed by atoms with E-state index in [2.05, 4.69) is 48.3 Å². The van der Waals surface area contributed by atoms with Crippen LogP contribution in [0, 0.1) is 0 Å². The number of ether oxygens (including phenoxy) is 2. The third kappa shape index (κ3) is 6.77. The van der Waals surface area contributed by atoms with Crippen molar-refractivity contribution >= 4 is 29.0 Å². The molecule has 0 spiro atoms. The van der Waals surface area contributed by atoms with Gasteiger partial charge in [0, 0.05) is 25.4 Å². The first-order valence-electron chi connectivity index (χ1n) is 11.0. The highest BCUT2D eigenvalue weighted by atomic mass is 32.1. The molecule has 166 valence electrons. The minimum absolute atomic E-state index is 0.195. The SMILES string of the molecule is CCOC(=O)c1ccc(NC(=S)N(Cc2ccc(C(C)C)cc2)C[C@H]2CCCO2)cc1. The molecule has 0 amide bonds. The lowest BCUT2D eigenvalue weighted by molar-refractivity contribution is 0.0526. The summed E-state index contributed by atoms with van der Waals surface area (Å²) in [4.78, 5) is 14.0. The van der Waals surface area contributed by atoms with Crippen molar-refractivity contribution < 1.29 is 14.3 Å². The highest BCUT2D eigenvalue weighted by molar-refractivity contribution is 7.80. The molecule has 0 aromatic heterocycles. The summed E-state index contributed by atoms with van der Waals surface area (Å²) >= 11 is 5.75. The molecule has 0 radical (unpaired) electrons. The molecule has 0 saturated carbocycles. The smallest absolute Gasteiger partial charge is 0.338 e. The monoisotopic (exact) mass is 440 g/mol. The molecule has 3 rings (SSSR count). The quantitative estimate of drug-likeness (QED) is 0.440. The third-order valence-corrected chi connectivity index (χ3v) is 5.76. The summed E-state index contributed by atoms with van der Waals surface area (Å²) in [6.45, 7) is 8.83. The Bertz CT molecular complexity index is 859. The number of benzene rings is 2. The number of carbonyl (C=O) groups excluding carboxylic acids is 1. The lowest BCUT2D eigenvalue weighted by Gasteiger charge is -2.28. The van der Waals surface area contributed by atoms with Crippen molar-refractivity contribution in [3.8, 4) is 0 Å². The molecule has 1 aliphatic rings. The van der Waals surface area contributed by atoms with Gasteiger partial charge in [-0.25, -0.2) is 4.79 Å². The maximum absolute atomic E-state index is 11.9. The lowest BCUT2D eigenvalue weighted by atomic mass is 10.0. The average molecular weight is 441 g/mol. The topological polar surface area (TPSA) is 50.8 Å². The molecule has 1 fully saturated rings. The lowest BCUT2D eigenvalue weighted by Crippen LogP contribution is -2.39. The van der Waals surface area contributed by atoms with Gasteiger partial charge in [-0.1, -0.05) is 38.1 Å². The number of nitrogens with zero attached hydrogens (tertiary/aromatic N) is 1. The molecule has 2 aromatic carbocycles. The zero-order chi connectivity index (χ0) is 22.2. The van der Waals surface area contributed by atoms with E-state index in [4.69, 9.17) is 21.7 Å². The molecule has 1 N–H and O–H groups in total. The van der Waals surface area contributed by atoms with Crippen molar-refractivity contribution in [3.05, 3.63) is 65.2 Å². The van der Waals surface area contributed by atoms with Crippen LogP contribution in [0.25, 0.3) is 0 Å². The van der Waals surface area contributed by atoms with Crippen molar-refractivity contribution in [1.29, 1.82) is 0 Å². The molecule has 1 heterocycles. The summed E-state index contributed by atoms with van der Waals surface area (Å²) in [5, 5.41) is 3.96. The Balaban J connectivity index is 1.68. The zero-order valence-corrected chi connectivity index (χ0v) is 19.4. The summed E-state index contributed by atoms with van der Waals surface area (Å²) in [7, 11) is 0. The van der Waals surface area contributed by atoms with E-state index in [0.717, 1.165) is 31.7 Å². The van der Waals surface area contributed by atoms with Crippen molar-refractivity contribution in [2.75, 3.05) is 25.1 Å². The molecule has 0 aliphatic carbocycles. The van der Waals surface area contributed by atoms with E-state index in [-0.39, 0.29) is 12.1 Å². The number of carbonyl (C=O) groups is 1. The van der Waals surface area contributed by atoms with E-state index < -0.39 is 0 Å². The van der Waals surface area contributed by atoms with Gasteiger partial charge in [-0.3, -0.25) is 0 Å². The first-order valence-corrected chi connectivity index (χ1v) is 11.4. The van der Waals surface area contributed by atoms with E-state index in [1.807, 2.05) is 12.1 Å². The second kappa shape index (κ2) is 11.3. The van der Waals surface area contributed by atoms with Crippen LogP contribution in [-0.4, -0.2) is 41.8 Å². The van der Waals surface area contributed by atoms with Crippen LogP contribution in [-0.2, 0) is 16.0 Å². The summed E-state index contributed by atoms with van der Waals surface area (Å²) in [5.41, 5.74) is 3.91. The molecular formula is C25H32N2O3S. The van der Waals surface area contributed by atoms with E-state index in [9.17, 15) is 4.79 Å². The molecule has 6 heteroatoms. The van der Waals surface area contributed by atoms with Crippen LogP contribution in [0.5, 0.6) is 0 Å². The van der Waals surface area contributed by atoms with E-state index >= 15 is 0 Å². The van der Waals surface area contributed by atoms with Gasteiger partial charge in [0.05, 0.1) is 18.3 Å². The first kappa shape index (κ1) is 23.2. The zero-order valence-electron chi connectivity index (χ0n) is 18.6. The Morgan fingerprint density at radius 3 is 2.48 bits per heavy atom. The molecule has 1 atom stereocenters. The third-order valence-electron chi connectivity index (χ3n) is 5.40. The summed E-state index contributed by atoms with van der Waals surface area (Å²) in [6.07, 6.45) is 2.34. The normalized spacial score (nSPS) is 15.7. The van der Waals surface area contributed by atoms with Gasteiger partial charge in [0.1, 0.15) is 0 Å². The van der Waals surface area contributed by atoms with E-state index in [0.29, 0.717) is 29.7 Å². The molecule has 2 aromatic rings. The second-order valence-corrected chi connectivity index (χ2v) is 8.53. The Labute approximate surface area is 190 Å². The first-order chi connectivity index (χ1) is 15.0. The Hall–Kier alpha value is -2.44. The van der Waals surface area contributed by atoms with Gasteiger partial charge in [-0.2, -0.15) is 0 Å². The predicted molar refractivity (Wildman–Crippen MR) is 129 cm³/mol. The number of hydrogen-bond acceptors (Lipinski definition) is 4. The number of nitrogens with one attached hydrogen (secondary N) is 1. The molecular weight excluding hydrogens is 408 g/mol. The van der Waals surface area contributed by atoms with Gasteiger partial charge in [-0.15, -0.1) is 0 Å². The van der Waals surface area contributed by atoms with Gasteiger partial charge >= 0.3 is 5.97 Å². The number of rotatable bonds is 8. The van der Waals surface area contributed by atoms with Gasteiger partial charge in [0.15, 0.2) is 5.11 Å². The van der Waals surface area contributed by atoms with Gasteiger partial charge in [0.2, 0.25) is 0 Å². The minimum Gasteiger partial charge on any atom is -0.462 e. The standard InChI is InChI=1S/C25H32N2O3S/c1-4-29-24(28)21-11-13-22(14-12-21)26-25(31)27(17-23-6-5-15-30-23)16-19-7-9-20(10-8-19)18(2)3/h7-14,18,23H,4-6,15-17H2,1-3H3,(H,26,31)/t23-/m1/s1. The molecule has 0 unspecified atom stereocenters. The fourth-order valence-electron chi connectivity index (χ4n) is 3.59. The number of thiocarbonyl (C=S) groups is 1. The fourth-order valence-corrected chi connectivity index (χ4v) is 3.85. The average Bonchev–Trinajstić information content (AvgIpc) is 3.27. The number of esters is 1. The van der Waals surface area contributed by atoms with Gasteiger partial charge in [-0.05, 0) is 73.3 Å². The highest BCUT2D eigenvalue weighted by Crippen LogP contribution is 2.19. The van der Waals surface area contributed by atoms with Crippen molar-refractivity contribution in [3.63, 3.8) is 0 Å². The van der Waals surface area contributed by atoms with Crippen LogP contribution >= 0.6 is 12.2 Å². The summed E-state index contributed by atoms with van der Waals surface area (Å²) < 4.78 is 10.9. The van der Waals surface area contributed by atoms with Crippen molar-refractivity contribution in [1.82, 2.24) is 4.90 Å². The van der Waals surface area contributed by atoms with Crippen LogP contribution in [0.1, 0.15) is 61.0 Å². The Kier molecular flexibility index (Phi) is 8.43. The molecule has 31 heavy (non-hydrogen) atoms. The van der Waals surface area contributed by atoms with Crippen LogP contribution in [0.2, 0.25) is 0 Å². The largest absolute Gasteiger partial charge is 0.462 e. The summed E-state index contributed by atoms with van der Waals surface area (Å²) in [6, 6.07) is 15.9. The number of anilines is 1. The van der Waals surface area contributed by atoms with Crippen LogP contribution < -0.4 is 5.32 Å². The minimum atomic E-state index is -0.318. The van der Waals surface area contributed by atoms with Crippen LogP contribution in [0.15, 0.2) is 48.5 Å². The predicted octanol–water partition coefficient (Wildman–Crippen LogP) is 5.36. The summed E-state index contributed by atoms with van der Waals surface area (Å²) in [5.74, 6) is 0.193. The Morgan fingerprint density at radius 2 is 1.90 bits per heavy atom. The fraction of sp³-hybridized carbons (Fsp3) is 0.440. The van der Waals surface area contributed by atoms with Gasteiger partial charge < -0.3 is 19.7 Å². The second-order valence-electron chi connectivity index (χ2n) is 8.14. The molecule has 1 saturated heterocycles. The van der Waals surface area contributed by atoms with Crippen molar-refractivity contribution in [2.45, 2.75) is 52.2 Å². The number of hydrogen-bond donors (Lipinski definition) is 1. The van der Waals surface area contributed by atoms with Crippen molar-refractivity contribution in [2.24, 2.45) is 0 Å². The molecule has 0 bridgehead atoms.